The van der Waals surface area contributed by atoms with E-state index in [-0.39, 0.29) is 30.4 Å². The lowest BCUT2D eigenvalue weighted by molar-refractivity contribution is 0.0108. The lowest BCUT2D eigenvalue weighted by Crippen LogP contribution is -2.50. The zero-order valence-electron chi connectivity index (χ0n) is 11.0. The molecule has 0 aromatic heterocycles. The van der Waals surface area contributed by atoms with Crippen LogP contribution in [0.15, 0.2) is 27.6 Å². The summed E-state index contributed by atoms with van der Waals surface area (Å²) < 4.78 is 37.7. The SMILES string of the molecule is COc1ccc(Br)cc1S(=O)(=O)N1CCOCC1CO. The molecule has 112 valence electrons. The molecule has 1 saturated heterocycles. The molecule has 1 aliphatic rings. The van der Waals surface area contributed by atoms with Gasteiger partial charge in [-0.3, -0.25) is 0 Å². The lowest BCUT2D eigenvalue weighted by Gasteiger charge is -2.33. The molecule has 0 saturated carbocycles. The number of aliphatic hydroxyl groups is 1. The molecule has 20 heavy (non-hydrogen) atoms. The van der Waals surface area contributed by atoms with Crippen LogP contribution in [-0.4, -0.2) is 57.3 Å². The first-order chi connectivity index (χ1) is 9.50. The van der Waals surface area contributed by atoms with Crippen LogP contribution in [0.1, 0.15) is 0 Å². The minimum absolute atomic E-state index is 0.0784. The van der Waals surface area contributed by atoms with Crippen LogP contribution in [0, 0.1) is 0 Å². The molecule has 0 amide bonds. The molecule has 0 radical (unpaired) electrons. The van der Waals surface area contributed by atoms with E-state index in [0.29, 0.717) is 11.1 Å². The van der Waals surface area contributed by atoms with Crippen molar-refractivity contribution in [2.75, 3.05) is 33.5 Å². The second-order valence-electron chi connectivity index (χ2n) is 4.32. The molecule has 0 aliphatic carbocycles. The largest absolute Gasteiger partial charge is 0.495 e. The van der Waals surface area contributed by atoms with Crippen LogP contribution in [0.5, 0.6) is 5.75 Å². The summed E-state index contributed by atoms with van der Waals surface area (Å²) in [4.78, 5) is 0.0784. The smallest absolute Gasteiger partial charge is 0.247 e. The maximum absolute atomic E-state index is 12.7. The first-order valence-electron chi connectivity index (χ1n) is 6.04. The summed E-state index contributed by atoms with van der Waals surface area (Å²) in [7, 11) is -2.33. The van der Waals surface area contributed by atoms with Gasteiger partial charge in [0.15, 0.2) is 0 Å². The van der Waals surface area contributed by atoms with Crippen molar-refractivity contribution in [3.63, 3.8) is 0 Å². The fraction of sp³-hybridized carbons (Fsp3) is 0.500. The molecule has 2 rings (SSSR count). The van der Waals surface area contributed by atoms with Gasteiger partial charge in [-0.2, -0.15) is 4.31 Å². The number of benzene rings is 1. The number of ether oxygens (including phenoxy) is 2. The summed E-state index contributed by atoms with van der Waals surface area (Å²) >= 11 is 3.26. The fourth-order valence-corrected chi connectivity index (χ4v) is 4.36. The van der Waals surface area contributed by atoms with E-state index in [1.54, 1.807) is 12.1 Å². The van der Waals surface area contributed by atoms with Crippen molar-refractivity contribution in [2.24, 2.45) is 0 Å². The summed E-state index contributed by atoms with van der Waals surface area (Å²) in [6, 6.07) is 4.22. The average molecular weight is 366 g/mol. The second kappa shape index (κ2) is 6.40. The van der Waals surface area contributed by atoms with Crippen LogP contribution in [0.25, 0.3) is 0 Å². The second-order valence-corrected chi connectivity index (χ2v) is 7.10. The normalized spacial score (nSPS) is 20.9. The molecule has 1 N–H and O–H groups in total. The van der Waals surface area contributed by atoms with Gasteiger partial charge in [-0.15, -0.1) is 0 Å². The molecular weight excluding hydrogens is 350 g/mol. The molecule has 1 fully saturated rings. The first kappa shape index (κ1) is 15.7. The molecule has 6 nitrogen and oxygen atoms in total. The van der Waals surface area contributed by atoms with Gasteiger partial charge in [0.05, 0.1) is 33.0 Å². The van der Waals surface area contributed by atoms with Crippen molar-refractivity contribution < 1.29 is 23.0 Å². The van der Waals surface area contributed by atoms with Crippen molar-refractivity contribution in [3.05, 3.63) is 22.7 Å². The van der Waals surface area contributed by atoms with Gasteiger partial charge in [-0.25, -0.2) is 8.42 Å². The van der Waals surface area contributed by atoms with Crippen molar-refractivity contribution in [3.8, 4) is 5.75 Å². The van der Waals surface area contributed by atoms with E-state index in [4.69, 9.17) is 9.47 Å². The first-order valence-corrected chi connectivity index (χ1v) is 8.28. The van der Waals surface area contributed by atoms with Crippen molar-refractivity contribution in [1.29, 1.82) is 0 Å². The van der Waals surface area contributed by atoms with Crippen molar-refractivity contribution in [2.45, 2.75) is 10.9 Å². The van der Waals surface area contributed by atoms with Gasteiger partial charge in [0.2, 0.25) is 10.0 Å². The van der Waals surface area contributed by atoms with E-state index in [1.165, 1.54) is 17.5 Å². The minimum Gasteiger partial charge on any atom is -0.495 e. The van der Waals surface area contributed by atoms with Gasteiger partial charge in [0, 0.05) is 11.0 Å². The van der Waals surface area contributed by atoms with E-state index in [2.05, 4.69) is 15.9 Å². The summed E-state index contributed by atoms with van der Waals surface area (Å²) in [5.41, 5.74) is 0. The number of aliphatic hydroxyl groups excluding tert-OH is 1. The summed E-state index contributed by atoms with van der Waals surface area (Å²) in [5, 5.41) is 9.33. The number of hydrogen-bond donors (Lipinski definition) is 1. The number of rotatable bonds is 4. The Hall–Kier alpha value is -0.670. The number of hydrogen-bond acceptors (Lipinski definition) is 5. The molecule has 0 bridgehead atoms. The van der Waals surface area contributed by atoms with E-state index in [0.717, 1.165) is 0 Å². The van der Waals surface area contributed by atoms with Gasteiger partial charge in [-0.1, -0.05) is 15.9 Å². The summed E-state index contributed by atoms with van der Waals surface area (Å²) in [6.45, 7) is 0.427. The van der Waals surface area contributed by atoms with Crippen molar-refractivity contribution >= 4 is 26.0 Å². The molecule has 1 unspecified atom stereocenters. The van der Waals surface area contributed by atoms with Gasteiger partial charge in [0.1, 0.15) is 10.6 Å². The minimum atomic E-state index is -3.75. The zero-order chi connectivity index (χ0) is 14.8. The van der Waals surface area contributed by atoms with E-state index >= 15 is 0 Å². The quantitative estimate of drug-likeness (QED) is 0.855. The number of halogens is 1. The van der Waals surface area contributed by atoms with Crippen LogP contribution in [0.2, 0.25) is 0 Å². The Bertz CT molecular complexity index is 577. The highest BCUT2D eigenvalue weighted by Gasteiger charge is 2.35. The molecule has 1 aromatic rings. The van der Waals surface area contributed by atoms with Gasteiger partial charge >= 0.3 is 0 Å². The van der Waals surface area contributed by atoms with E-state index < -0.39 is 16.1 Å². The molecule has 1 heterocycles. The summed E-state index contributed by atoms with van der Waals surface area (Å²) in [6.07, 6.45) is 0. The Morgan fingerprint density at radius 3 is 2.95 bits per heavy atom. The highest BCUT2D eigenvalue weighted by Crippen LogP contribution is 2.31. The molecular formula is C12H16BrNO5S. The van der Waals surface area contributed by atoms with E-state index in [1.807, 2.05) is 0 Å². The van der Waals surface area contributed by atoms with Gasteiger partial charge in [0.25, 0.3) is 0 Å². The Kier molecular flexibility index (Phi) is 5.03. The Morgan fingerprint density at radius 1 is 1.55 bits per heavy atom. The van der Waals surface area contributed by atoms with E-state index in [9.17, 15) is 13.5 Å². The molecule has 1 atom stereocenters. The Balaban J connectivity index is 2.46. The lowest BCUT2D eigenvalue weighted by atomic mass is 10.3. The number of morpholine rings is 1. The monoisotopic (exact) mass is 365 g/mol. The van der Waals surface area contributed by atoms with Crippen LogP contribution < -0.4 is 4.74 Å². The molecule has 0 spiro atoms. The van der Waals surface area contributed by atoms with Gasteiger partial charge in [-0.05, 0) is 18.2 Å². The maximum atomic E-state index is 12.7. The third-order valence-corrected chi connectivity index (χ3v) is 5.56. The Labute approximate surface area is 126 Å². The molecule has 8 heteroatoms. The molecule has 1 aliphatic heterocycles. The molecule has 1 aromatic carbocycles. The average Bonchev–Trinajstić information content (AvgIpc) is 2.47. The number of nitrogens with zero attached hydrogens (tertiary/aromatic N) is 1. The maximum Gasteiger partial charge on any atom is 0.247 e. The van der Waals surface area contributed by atoms with Gasteiger partial charge < -0.3 is 14.6 Å². The number of methoxy groups -OCH3 is 1. The van der Waals surface area contributed by atoms with Crippen LogP contribution in [-0.2, 0) is 14.8 Å². The fourth-order valence-electron chi connectivity index (χ4n) is 2.08. The van der Waals surface area contributed by atoms with Crippen molar-refractivity contribution in [1.82, 2.24) is 4.31 Å². The third-order valence-electron chi connectivity index (χ3n) is 3.10. The Morgan fingerprint density at radius 2 is 2.30 bits per heavy atom. The topological polar surface area (TPSA) is 76.1 Å². The third kappa shape index (κ3) is 2.99. The van der Waals surface area contributed by atoms with Crippen LogP contribution in [0.3, 0.4) is 0 Å². The van der Waals surface area contributed by atoms with Crippen LogP contribution in [0.4, 0.5) is 0 Å². The van der Waals surface area contributed by atoms with Crippen LogP contribution >= 0.6 is 15.9 Å². The predicted octanol–water partition coefficient (Wildman–Crippen LogP) is 0.839. The summed E-state index contributed by atoms with van der Waals surface area (Å²) in [5.74, 6) is 0.274. The highest BCUT2D eigenvalue weighted by atomic mass is 79.9. The standard InChI is InChI=1S/C12H16BrNO5S/c1-18-11-3-2-9(13)6-12(11)20(16,17)14-4-5-19-8-10(14)7-15/h2-3,6,10,15H,4-5,7-8H2,1H3. The number of sulfonamides is 1. The predicted molar refractivity (Wildman–Crippen MR) is 76.3 cm³/mol. The zero-order valence-corrected chi connectivity index (χ0v) is 13.4. The highest BCUT2D eigenvalue weighted by molar-refractivity contribution is 9.10.